The number of hydrogen-bond acceptors (Lipinski definition) is 6. The minimum atomic E-state index is 0.606. The fourth-order valence-corrected chi connectivity index (χ4v) is 3.78. The van der Waals surface area contributed by atoms with Gasteiger partial charge < -0.3 is 19.7 Å². The molecule has 0 radical (unpaired) electrons. The molecule has 1 N–H and O–H groups in total. The molecule has 28 heavy (non-hydrogen) atoms. The maximum absolute atomic E-state index is 5.54. The van der Waals surface area contributed by atoms with Crippen LogP contribution < -0.4 is 19.7 Å². The molecule has 0 saturated carbocycles. The summed E-state index contributed by atoms with van der Waals surface area (Å²) in [5.41, 5.74) is 3.10. The van der Waals surface area contributed by atoms with Gasteiger partial charge in [0.2, 0.25) is 5.88 Å². The van der Waals surface area contributed by atoms with E-state index in [-0.39, 0.29) is 0 Å². The molecular formula is C21H27N5O2. The van der Waals surface area contributed by atoms with Crippen molar-refractivity contribution in [1.82, 2.24) is 20.1 Å². The Balaban J connectivity index is 1.60. The van der Waals surface area contributed by atoms with Crippen molar-refractivity contribution in [2.24, 2.45) is 0 Å². The Morgan fingerprint density at radius 2 is 1.86 bits per heavy atom. The van der Waals surface area contributed by atoms with Gasteiger partial charge in [0.25, 0.3) is 0 Å². The van der Waals surface area contributed by atoms with Crippen LogP contribution in [0.5, 0.6) is 11.6 Å². The smallest absolute Gasteiger partial charge is 0.242 e. The third-order valence-corrected chi connectivity index (χ3v) is 5.49. The lowest BCUT2D eigenvalue weighted by atomic mass is 10.0. The van der Waals surface area contributed by atoms with Crippen LogP contribution >= 0.6 is 0 Å². The van der Waals surface area contributed by atoms with Gasteiger partial charge in [-0.05, 0) is 43.7 Å². The molecule has 148 valence electrons. The van der Waals surface area contributed by atoms with Gasteiger partial charge >= 0.3 is 0 Å². The molecule has 7 heteroatoms. The number of nitrogens with one attached hydrogen (secondary N) is 1. The Kier molecular flexibility index (Phi) is 5.34. The fraction of sp³-hybridized carbons (Fsp3) is 0.429. The molecule has 0 bridgehead atoms. The van der Waals surface area contributed by atoms with Crippen LogP contribution in [0.25, 0.3) is 11.0 Å². The van der Waals surface area contributed by atoms with Crippen LogP contribution in [0.15, 0.2) is 36.5 Å². The molecule has 3 aromatic rings. The molecule has 0 amide bonds. The van der Waals surface area contributed by atoms with Crippen molar-refractivity contribution in [1.29, 1.82) is 0 Å². The topological polar surface area (TPSA) is 64.4 Å². The number of benzene rings is 1. The first-order valence-electron chi connectivity index (χ1n) is 9.67. The van der Waals surface area contributed by atoms with Crippen LogP contribution in [0.2, 0.25) is 0 Å². The average molecular weight is 381 g/mol. The summed E-state index contributed by atoms with van der Waals surface area (Å²) in [4.78, 5) is 7.12. The summed E-state index contributed by atoms with van der Waals surface area (Å²) in [6.45, 7) is 2.69. The zero-order valence-electron chi connectivity index (χ0n) is 16.7. The van der Waals surface area contributed by atoms with Crippen LogP contribution in [0.4, 0.5) is 5.69 Å². The quantitative estimate of drug-likeness (QED) is 0.708. The van der Waals surface area contributed by atoms with E-state index in [4.69, 9.17) is 14.5 Å². The van der Waals surface area contributed by atoms with E-state index in [9.17, 15) is 0 Å². The van der Waals surface area contributed by atoms with E-state index < -0.39 is 0 Å². The normalized spacial score (nSPS) is 15.2. The monoisotopic (exact) mass is 381 g/mol. The molecule has 0 unspecified atom stereocenters. The van der Waals surface area contributed by atoms with E-state index in [0.29, 0.717) is 18.5 Å². The van der Waals surface area contributed by atoms with Crippen molar-refractivity contribution in [3.8, 4) is 11.6 Å². The zero-order valence-corrected chi connectivity index (χ0v) is 16.7. The predicted octanol–water partition coefficient (Wildman–Crippen LogP) is 2.69. The van der Waals surface area contributed by atoms with Gasteiger partial charge in [0.15, 0.2) is 5.65 Å². The van der Waals surface area contributed by atoms with Crippen molar-refractivity contribution in [2.75, 3.05) is 39.3 Å². The number of piperidine rings is 1. The first-order valence-corrected chi connectivity index (χ1v) is 9.67. The number of aromatic nitrogens is 3. The highest BCUT2D eigenvalue weighted by atomic mass is 16.5. The third kappa shape index (κ3) is 3.62. The number of hydrogen-bond donors (Lipinski definition) is 1. The largest absolute Gasteiger partial charge is 0.497 e. The van der Waals surface area contributed by atoms with E-state index in [1.165, 1.54) is 0 Å². The minimum Gasteiger partial charge on any atom is -0.497 e. The van der Waals surface area contributed by atoms with Gasteiger partial charge in [0.1, 0.15) is 5.75 Å². The number of pyridine rings is 1. The van der Waals surface area contributed by atoms with Gasteiger partial charge in [-0.15, -0.1) is 5.10 Å². The number of nitrogens with zero attached hydrogens (tertiary/aromatic N) is 4. The molecule has 0 spiro atoms. The number of fused-ring (bicyclic) bond motifs is 1. The second kappa shape index (κ2) is 8.06. The van der Waals surface area contributed by atoms with Crippen molar-refractivity contribution in [3.05, 3.63) is 42.1 Å². The molecular weight excluding hydrogens is 354 g/mol. The first kappa shape index (κ1) is 18.6. The molecule has 3 heterocycles. The maximum Gasteiger partial charge on any atom is 0.242 e. The summed E-state index contributed by atoms with van der Waals surface area (Å²) >= 11 is 0. The molecule has 4 rings (SSSR count). The standard InChI is InChI=1S/C21H27N5O2/c1-22-16-8-10-25(11-9-16)17-12-19-20(23-13-17)26(24-21(19)28-3)14-15-4-6-18(27-2)7-5-15/h4-7,12-13,16,22H,8-11,14H2,1-3H3. The van der Waals surface area contributed by atoms with E-state index in [1.807, 2.05) is 42.2 Å². The Labute approximate surface area is 165 Å². The van der Waals surface area contributed by atoms with Crippen LogP contribution in [0.1, 0.15) is 18.4 Å². The SMILES string of the molecule is CNC1CCN(c2cnc3c(c2)c(OC)nn3Cc2ccc(OC)cc2)CC1. The van der Waals surface area contributed by atoms with Gasteiger partial charge in [-0.3, -0.25) is 0 Å². The van der Waals surface area contributed by atoms with Crippen LogP contribution in [-0.2, 0) is 6.54 Å². The number of anilines is 1. The Morgan fingerprint density at radius 3 is 2.50 bits per heavy atom. The molecule has 7 nitrogen and oxygen atoms in total. The highest BCUT2D eigenvalue weighted by molar-refractivity contribution is 5.84. The second-order valence-corrected chi connectivity index (χ2v) is 7.13. The third-order valence-electron chi connectivity index (χ3n) is 5.49. The van der Waals surface area contributed by atoms with E-state index >= 15 is 0 Å². The maximum atomic E-state index is 5.54. The van der Waals surface area contributed by atoms with Crippen molar-refractivity contribution in [3.63, 3.8) is 0 Å². The van der Waals surface area contributed by atoms with Crippen molar-refractivity contribution in [2.45, 2.75) is 25.4 Å². The molecule has 0 aliphatic carbocycles. The van der Waals surface area contributed by atoms with Gasteiger partial charge in [0, 0.05) is 19.1 Å². The molecule has 2 aromatic heterocycles. The van der Waals surface area contributed by atoms with Crippen molar-refractivity contribution >= 4 is 16.7 Å². The highest BCUT2D eigenvalue weighted by Gasteiger charge is 2.20. The Bertz CT molecular complexity index is 930. The van der Waals surface area contributed by atoms with Crippen LogP contribution in [-0.4, -0.2) is 55.2 Å². The lowest BCUT2D eigenvalue weighted by molar-refractivity contribution is 0.394. The molecule has 1 aliphatic heterocycles. The summed E-state index contributed by atoms with van der Waals surface area (Å²) in [5.74, 6) is 1.46. The fourth-order valence-electron chi connectivity index (χ4n) is 3.78. The van der Waals surface area contributed by atoms with Gasteiger partial charge in [-0.2, -0.15) is 0 Å². The summed E-state index contributed by atoms with van der Waals surface area (Å²) in [6, 6.07) is 10.8. The number of ether oxygens (including phenoxy) is 2. The Morgan fingerprint density at radius 1 is 1.11 bits per heavy atom. The van der Waals surface area contributed by atoms with Gasteiger partial charge in [-0.1, -0.05) is 12.1 Å². The van der Waals surface area contributed by atoms with E-state index in [1.54, 1.807) is 14.2 Å². The lowest BCUT2D eigenvalue weighted by Gasteiger charge is -2.33. The summed E-state index contributed by atoms with van der Waals surface area (Å²) in [6.07, 6.45) is 4.23. The molecule has 1 fully saturated rings. The van der Waals surface area contributed by atoms with E-state index in [0.717, 1.165) is 54.0 Å². The molecule has 1 aliphatic rings. The number of methoxy groups -OCH3 is 2. The summed E-state index contributed by atoms with van der Waals surface area (Å²) in [5, 5.41) is 8.95. The molecule has 1 aromatic carbocycles. The van der Waals surface area contributed by atoms with Gasteiger partial charge in [0.05, 0.1) is 38.0 Å². The number of rotatable bonds is 6. The zero-order chi connectivity index (χ0) is 19.5. The summed E-state index contributed by atoms with van der Waals surface area (Å²) < 4.78 is 12.7. The molecule has 1 saturated heterocycles. The lowest BCUT2D eigenvalue weighted by Crippen LogP contribution is -2.41. The molecule has 0 atom stereocenters. The first-order chi connectivity index (χ1) is 13.7. The van der Waals surface area contributed by atoms with Gasteiger partial charge in [-0.25, -0.2) is 9.67 Å². The van der Waals surface area contributed by atoms with Crippen molar-refractivity contribution < 1.29 is 9.47 Å². The summed E-state index contributed by atoms with van der Waals surface area (Å²) in [7, 11) is 5.37. The van der Waals surface area contributed by atoms with E-state index in [2.05, 4.69) is 21.4 Å². The predicted molar refractivity (Wildman–Crippen MR) is 110 cm³/mol. The van der Waals surface area contributed by atoms with Crippen LogP contribution in [0, 0.1) is 0 Å². The average Bonchev–Trinajstić information content (AvgIpc) is 3.11. The minimum absolute atomic E-state index is 0.606. The second-order valence-electron chi connectivity index (χ2n) is 7.13. The Hall–Kier alpha value is -2.80. The van der Waals surface area contributed by atoms with Crippen LogP contribution in [0.3, 0.4) is 0 Å². The highest BCUT2D eigenvalue weighted by Crippen LogP contribution is 2.29.